The Hall–Kier alpha value is -0.120. The van der Waals surface area contributed by atoms with Crippen LogP contribution in [0.1, 0.15) is 46.5 Å². The van der Waals surface area contributed by atoms with Crippen molar-refractivity contribution in [3.63, 3.8) is 0 Å². The molecule has 5 atom stereocenters. The Labute approximate surface area is 117 Å². The van der Waals surface area contributed by atoms with Crippen LogP contribution in [0.15, 0.2) is 0 Å². The van der Waals surface area contributed by atoms with E-state index in [1.807, 2.05) is 0 Å². The quantitative estimate of drug-likeness (QED) is 0.851. The molecule has 1 saturated heterocycles. The van der Waals surface area contributed by atoms with Gasteiger partial charge in [0.25, 0.3) is 0 Å². The van der Waals surface area contributed by atoms with E-state index in [2.05, 4.69) is 20.8 Å². The largest absolute Gasteiger partial charge is 0.381 e. The first-order chi connectivity index (χ1) is 8.95. The van der Waals surface area contributed by atoms with Gasteiger partial charge in [0.15, 0.2) is 0 Å². The lowest BCUT2D eigenvalue weighted by atomic mass is 9.70. The summed E-state index contributed by atoms with van der Waals surface area (Å²) in [5, 5.41) is 0. The highest BCUT2D eigenvalue weighted by Crippen LogP contribution is 2.66. The third kappa shape index (κ3) is 2.05. The van der Waals surface area contributed by atoms with Gasteiger partial charge in [-0.1, -0.05) is 20.8 Å². The van der Waals surface area contributed by atoms with Crippen LogP contribution in [0.25, 0.3) is 0 Å². The van der Waals surface area contributed by atoms with Gasteiger partial charge >= 0.3 is 0 Å². The molecule has 0 radical (unpaired) electrons. The van der Waals surface area contributed by atoms with Crippen molar-refractivity contribution in [2.75, 3.05) is 19.8 Å². The second-order valence-corrected chi connectivity index (χ2v) is 7.72. The van der Waals surface area contributed by atoms with Gasteiger partial charge in [-0.05, 0) is 42.4 Å². The zero-order valence-electron chi connectivity index (χ0n) is 12.7. The highest BCUT2D eigenvalue weighted by atomic mass is 16.5. The maximum atomic E-state index is 6.27. The van der Waals surface area contributed by atoms with Crippen molar-refractivity contribution in [2.24, 2.45) is 28.4 Å². The molecule has 1 aliphatic heterocycles. The zero-order valence-corrected chi connectivity index (χ0v) is 12.7. The fourth-order valence-corrected chi connectivity index (χ4v) is 4.64. The van der Waals surface area contributed by atoms with Crippen molar-refractivity contribution in [2.45, 2.75) is 58.6 Å². The van der Waals surface area contributed by atoms with Crippen LogP contribution >= 0.6 is 0 Å². The van der Waals surface area contributed by atoms with Gasteiger partial charge in [0.2, 0.25) is 0 Å². The molecule has 2 bridgehead atoms. The Morgan fingerprint density at radius 3 is 2.63 bits per heavy atom. The lowest BCUT2D eigenvalue weighted by molar-refractivity contribution is -0.0548. The van der Waals surface area contributed by atoms with Gasteiger partial charge in [-0.15, -0.1) is 0 Å². The summed E-state index contributed by atoms with van der Waals surface area (Å²) in [6.45, 7) is 9.68. The maximum absolute atomic E-state index is 6.27. The first-order valence-corrected chi connectivity index (χ1v) is 7.90. The SMILES string of the molecule is CC1(C)C2CCC1(C)C(OCC(N)C1CCOC1)C2. The molecule has 3 aliphatic rings. The Morgan fingerprint density at radius 2 is 2.11 bits per heavy atom. The molecule has 0 aromatic rings. The summed E-state index contributed by atoms with van der Waals surface area (Å²) in [5.74, 6) is 1.34. The summed E-state index contributed by atoms with van der Waals surface area (Å²) >= 11 is 0. The molecule has 0 aromatic carbocycles. The van der Waals surface area contributed by atoms with Crippen LogP contribution < -0.4 is 5.73 Å². The normalized spacial score (nSPS) is 45.8. The van der Waals surface area contributed by atoms with Crippen LogP contribution in [-0.2, 0) is 9.47 Å². The molecule has 0 aromatic heterocycles. The van der Waals surface area contributed by atoms with Crippen LogP contribution in [0.2, 0.25) is 0 Å². The first-order valence-electron chi connectivity index (χ1n) is 7.90. The summed E-state index contributed by atoms with van der Waals surface area (Å²) in [4.78, 5) is 0. The Bertz CT molecular complexity index is 338. The lowest BCUT2D eigenvalue weighted by Crippen LogP contribution is -2.41. The smallest absolute Gasteiger partial charge is 0.0637 e. The molecular weight excluding hydrogens is 238 g/mol. The van der Waals surface area contributed by atoms with E-state index in [0.717, 1.165) is 25.6 Å². The average Bonchev–Trinajstić information content (AvgIpc) is 3.01. The van der Waals surface area contributed by atoms with Crippen LogP contribution in [0.3, 0.4) is 0 Å². The number of nitrogens with two attached hydrogens (primary N) is 1. The van der Waals surface area contributed by atoms with E-state index in [1.54, 1.807) is 0 Å². The topological polar surface area (TPSA) is 44.5 Å². The lowest BCUT2D eigenvalue weighted by Gasteiger charge is -2.39. The van der Waals surface area contributed by atoms with Crippen molar-refractivity contribution in [1.82, 2.24) is 0 Å². The van der Waals surface area contributed by atoms with E-state index < -0.39 is 0 Å². The minimum absolute atomic E-state index is 0.147. The zero-order chi connectivity index (χ0) is 13.7. The molecule has 0 spiro atoms. The van der Waals surface area contributed by atoms with Crippen molar-refractivity contribution in [3.05, 3.63) is 0 Å². The van der Waals surface area contributed by atoms with Crippen molar-refractivity contribution in [1.29, 1.82) is 0 Å². The highest BCUT2D eigenvalue weighted by molar-refractivity contribution is 5.11. The Balaban J connectivity index is 1.57. The number of fused-ring (bicyclic) bond motifs is 2. The average molecular weight is 267 g/mol. The monoisotopic (exact) mass is 267 g/mol. The van der Waals surface area contributed by atoms with Crippen LogP contribution in [0.5, 0.6) is 0 Å². The van der Waals surface area contributed by atoms with E-state index in [1.165, 1.54) is 19.3 Å². The molecule has 2 aliphatic carbocycles. The van der Waals surface area contributed by atoms with E-state index in [0.29, 0.717) is 29.5 Å². The van der Waals surface area contributed by atoms with Crippen LogP contribution in [0.4, 0.5) is 0 Å². The molecule has 3 fully saturated rings. The summed E-state index contributed by atoms with van der Waals surface area (Å²) < 4.78 is 11.7. The van der Waals surface area contributed by atoms with Crippen molar-refractivity contribution in [3.8, 4) is 0 Å². The summed E-state index contributed by atoms with van der Waals surface area (Å²) in [6, 6.07) is 0.147. The molecule has 3 nitrogen and oxygen atoms in total. The van der Waals surface area contributed by atoms with Crippen LogP contribution in [-0.4, -0.2) is 32.0 Å². The van der Waals surface area contributed by atoms with Crippen LogP contribution in [0, 0.1) is 22.7 Å². The van der Waals surface area contributed by atoms with E-state index in [-0.39, 0.29) is 6.04 Å². The van der Waals surface area contributed by atoms with Gasteiger partial charge in [0.1, 0.15) is 0 Å². The van der Waals surface area contributed by atoms with E-state index in [4.69, 9.17) is 15.2 Å². The maximum Gasteiger partial charge on any atom is 0.0637 e. The molecule has 19 heavy (non-hydrogen) atoms. The molecule has 2 N–H and O–H groups in total. The number of hydrogen-bond donors (Lipinski definition) is 1. The third-order valence-electron chi connectivity index (χ3n) is 6.77. The molecule has 0 amide bonds. The second kappa shape index (κ2) is 4.71. The number of hydrogen-bond acceptors (Lipinski definition) is 3. The molecule has 5 unspecified atom stereocenters. The summed E-state index contributed by atoms with van der Waals surface area (Å²) in [6.07, 6.45) is 5.44. The molecular formula is C16H29NO2. The summed E-state index contributed by atoms with van der Waals surface area (Å²) in [7, 11) is 0. The fraction of sp³-hybridized carbons (Fsp3) is 1.00. The molecule has 3 rings (SSSR count). The Morgan fingerprint density at radius 1 is 1.32 bits per heavy atom. The summed E-state index contributed by atoms with van der Waals surface area (Å²) in [5.41, 5.74) is 7.04. The molecule has 3 heteroatoms. The van der Waals surface area contributed by atoms with Gasteiger partial charge in [-0.2, -0.15) is 0 Å². The predicted molar refractivity (Wildman–Crippen MR) is 75.9 cm³/mol. The third-order valence-corrected chi connectivity index (χ3v) is 6.77. The van der Waals surface area contributed by atoms with E-state index >= 15 is 0 Å². The fourth-order valence-electron chi connectivity index (χ4n) is 4.64. The standard InChI is InChI=1S/C16H29NO2/c1-15(2)12-4-6-16(15,3)14(8-12)19-10-13(17)11-5-7-18-9-11/h11-14H,4-10,17H2,1-3H3. The first kappa shape index (κ1) is 13.8. The van der Waals surface area contributed by atoms with Crippen molar-refractivity contribution >= 4 is 0 Å². The Kier molecular flexibility index (Phi) is 3.43. The second-order valence-electron chi connectivity index (χ2n) is 7.72. The highest BCUT2D eigenvalue weighted by Gasteiger charge is 2.61. The van der Waals surface area contributed by atoms with Gasteiger partial charge in [-0.3, -0.25) is 0 Å². The molecule has 1 heterocycles. The van der Waals surface area contributed by atoms with Gasteiger partial charge in [0, 0.05) is 18.6 Å². The number of rotatable bonds is 4. The van der Waals surface area contributed by atoms with Crippen molar-refractivity contribution < 1.29 is 9.47 Å². The number of ether oxygens (including phenoxy) is 2. The molecule has 2 saturated carbocycles. The van der Waals surface area contributed by atoms with Gasteiger partial charge in [-0.25, -0.2) is 0 Å². The van der Waals surface area contributed by atoms with Gasteiger partial charge < -0.3 is 15.2 Å². The van der Waals surface area contributed by atoms with Gasteiger partial charge in [0.05, 0.1) is 19.3 Å². The minimum Gasteiger partial charge on any atom is -0.381 e. The van der Waals surface area contributed by atoms with E-state index in [9.17, 15) is 0 Å². The minimum atomic E-state index is 0.147. The molecule has 110 valence electrons. The predicted octanol–water partition coefficient (Wildman–Crippen LogP) is 2.58.